The highest BCUT2D eigenvalue weighted by atomic mass is 19.3. The largest absolute Gasteiger partial charge is 0.383 e. The lowest BCUT2D eigenvalue weighted by Gasteiger charge is -2.43. The van der Waals surface area contributed by atoms with Crippen molar-refractivity contribution in [3.8, 4) is 0 Å². The van der Waals surface area contributed by atoms with E-state index < -0.39 is 17.4 Å². The fraction of sp³-hybridized carbons (Fsp3) is 0.421. The summed E-state index contributed by atoms with van der Waals surface area (Å²) in [5, 5.41) is 11.0. The Morgan fingerprint density at radius 2 is 2.04 bits per heavy atom. The maximum absolute atomic E-state index is 14.3. The number of aliphatic hydroxyl groups is 1. The summed E-state index contributed by atoms with van der Waals surface area (Å²) >= 11 is 0. The molecule has 1 aliphatic heterocycles. The van der Waals surface area contributed by atoms with Gasteiger partial charge in [-0.15, -0.1) is 0 Å². The van der Waals surface area contributed by atoms with E-state index in [0.29, 0.717) is 12.8 Å². The van der Waals surface area contributed by atoms with Crippen LogP contribution in [0.1, 0.15) is 31.2 Å². The predicted octanol–water partition coefficient (Wildman–Crippen LogP) is 3.33. The smallest absolute Gasteiger partial charge is 0.352 e. The van der Waals surface area contributed by atoms with Crippen molar-refractivity contribution in [3.05, 3.63) is 42.1 Å². The van der Waals surface area contributed by atoms with Gasteiger partial charge in [0.1, 0.15) is 5.60 Å². The lowest BCUT2D eigenvalue weighted by atomic mass is 9.75. The first-order valence-corrected chi connectivity index (χ1v) is 8.57. The van der Waals surface area contributed by atoms with Crippen molar-refractivity contribution in [2.75, 3.05) is 13.1 Å². The second-order valence-corrected chi connectivity index (χ2v) is 6.94. The Kier molecular flexibility index (Phi) is 3.68. The summed E-state index contributed by atoms with van der Waals surface area (Å²) in [6.07, 6.45) is 4.76. The zero-order chi connectivity index (χ0) is 17.7. The fourth-order valence-electron chi connectivity index (χ4n) is 3.66. The summed E-state index contributed by atoms with van der Waals surface area (Å²) in [4.78, 5) is 16.6. The molecule has 2 N–H and O–H groups in total. The molecule has 4 rings (SSSR count). The molecule has 0 radical (unpaired) electrons. The Hall–Kier alpha value is -2.21. The number of carbonyl (C=O) groups excluding carboxylic acids is 1. The molecule has 6 heteroatoms. The zero-order valence-electron chi connectivity index (χ0n) is 13.8. The van der Waals surface area contributed by atoms with Crippen LogP contribution in [0.4, 0.5) is 8.78 Å². The maximum Gasteiger partial charge on any atom is 0.352 e. The van der Waals surface area contributed by atoms with E-state index in [4.69, 9.17) is 0 Å². The van der Waals surface area contributed by atoms with Crippen molar-refractivity contribution in [1.82, 2.24) is 9.88 Å². The average Bonchev–Trinajstić information content (AvgIpc) is 3.03. The van der Waals surface area contributed by atoms with Crippen LogP contribution in [-0.4, -0.2) is 45.5 Å². The fourth-order valence-corrected chi connectivity index (χ4v) is 3.66. The van der Waals surface area contributed by atoms with Crippen LogP contribution >= 0.6 is 0 Å². The molecule has 2 aromatic rings. The van der Waals surface area contributed by atoms with Gasteiger partial charge in [-0.05, 0) is 37.3 Å². The number of fused-ring (bicyclic) bond motifs is 1. The van der Waals surface area contributed by atoms with Crippen molar-refractivity contribution < 1.29 is 18.7 Å². The Labute approximate surface area is 144 Å². The number of alkyl halides is 2. The lowest BCUT2D eigenvalue weighted by Crippen LogP contribution is -2.61. The van der Waals surface area contributed by atoms with E-state index in [1.54, 1.807) is 0 Å². The molecular formula is C19H20F2N2O2. The van der Waals surface area contributed by atoms with E-state index in [9.17, 15) is 18.7 Å². The molecule has 1 aromatic carbocycles. The van der Waals surface area contributed by atoms with E-state index in [1.807, 2.05) is 36.5 Å². The number of hydrogen-bond donors (Lipinski definition) is 2. The van der Waals surface area contributed by atoms with Crippen molar-refractivity contribution >= 4 is 22.4 Å². The lowest BCUT2D eigenvalue weighted by molar-refractivity contribution is -0.223. The molecule has 1 saturated carbocycles. The van der Waals surface area contributed by atoms with Gasteiger partial charge in [0.25, 0.3) is 5.91 Å². The quantitative estimate of drug-likeness (QED) is 0.896. The molecule has 2 heterocycles. The van der Waals surface area contributed by atoms with Crippen molar-refractivity contribution in [2.24, 2.45) is 0 Å². The molecule has 4 nitrogen and oxygen atoms in total. The summed E-state index contributed by atoms with van der Waals surface area (Å²) < 4.78 is 28.7. The van der Waals surface area contributed by atoms with Gasteiger partial charge in [-0.2, -0.15) is 8.78 Å². The van der Waals surface area contributed by atoms with Crippen LogP contribution in [0.2, 0.25) is 0 Å². The number of hydrogen-bond acceptors (Lipinski definition) is 2. The minimum atomic E-state index is -3.71. The standard InChI is InChI=1S/C19H20F2N2O2/c20-19(21,18(25)8-3-9-18)17(24)23-10-6-13(7-11-23)15-12-22-16-5-2-1-4-14(15)16/h1-2,4-6,12,22,25H,3,7-11H2. The number of halogens is 2. The maximum atomic E-state index is 14.3. The number of para-hydroxylation sites is 1. The van der Waals surface area contributed by atoms with E-state index in [-0.39, 0.29) is 25.9 Å². The topological polar surface area (TPSA) is 56.3 Å². The molecule has 25 heavy (non-hydrogen) atoms. The number of amides is 1. The third kappa shape index (κ3) is 2.47. The summed E-state index contributed by atoms with van der Waals surface area (Å²) in [6.45, 7) is 0.370. The van der Waals surface area contributed by atoms with Crippen molar-refractivity contribution in [2.45, 2.75) is 37.2 Å². The molecule has 1 fully saturated rings. The highest BCUT2D eigenvalue weighted by molar-refractivity contribution is 5.93. The van der Waals surface area contributed by atoms with Gasteiger partial charge in [-0.1, -0.05) is 24.3 Å². The summed E-state index contributed by atoms with van der Waals surface area (Å²) in [7, 11) is 0. The number of nitrogens with one attached hydrogen (secondary N) is 1. The normalized spacial score (nSPS) is 20.3. The third-order valence-electron chi connectivity index (χ3n) is 5.47. The molecule has 132 valence electrons. The first-order valence-electron chi connectivity index (χ1n) is 8.57. The molecule has 0 saturated heterocycles. The molecule has 0 atom stereocenters. The van der Waals surface area contributed by atoms with Gasteiger partial charge in [0.15, 0.2) is 0 Å². The molecule has 2 aliphatic rings. The van der Waals surface area contributed by atoms with Crippen LogP contribution in [0.15, 0.2) is 36.5 Å². The first-order chi connectivity index (χ1) is 11.9. The number of aromatic nitrogens is 1. The molecule has 1 amide bonds. The van der Waals surface area contributed by atoms with Crippen LogP contribution in [0.25, 0.3) is 16.5 Å². The second kappa shape index (κ2) is 5.66. The van der Waals surface area contributed by atoms with Gasteiger partial charge in [0, 0.05) is 35.8 Å². The van der Waals surface area contributed by atoms with E-state index in [2.05, 4.69) is 4.98 Å². The van der Waals surface area contributed by atoms with Crippen molar-refractivity contribution in [3.63, 3.8) is 0 Å². The van der Waals surface area contributed by atoms with Gasteiger partial charge >= 0.3 is 5.92 Å². The number of nitrogens with zero attached hydrogens (tertiary/aromatic N) is 1. The number of benzene rings is 1. The van der Waals surface area contributed by atoms with E-state index >= 15 is 0 Å². The predicted molar refractivity (Wildman–Crippen MR) is 91.2 cm³/mol. The zero-order valence-corrected chi connectivity index (χ0v) is 13.8. The molecule has 0 unspecified atom stereocenters. The number of aromatic amines is 1. The third-order valence-corrected chi connectivity index (χ3v) is 5.47. The molecular weight excluding hydrogens is 326 g/mol. The average molecular weight is 346 g/mol. The summed E-state index contributed by atoms with van der Waals surface area (Å²) in [5.74, 6) is -4.97. The Bertz CT molecular complexity index is 852. The Morgan fingerprint density at radius 1 is 1.28 bits per heavy atom. The number of carbonyl (C=O) groups is 1. The molecule has 1 aromatic heterocycles. The van der Waals surface area contributed by atoms with Gasteiger partial charge in [0.2, 0.25) is 0 Å². The number of rotatable bonds is 3. The van der Waals surface area contributed by atoms with Crippen LogP contribution in [0.3, 0.4) is 0 Å². The number of H-pyrrole nitrogens is 1. The van der Waals surface area contributed by atoms with E-state index in [0.717, 1.165) is 26.9 Å². The highest BCUT2D eigenvalue weighted by Crippen LogP contribution is 2.45. The van der Waals surface area contributed by atoms with Gasteiger partial charge in [0.05, 0.1) is 0 Å². The van der Waals surface area contributed by atoms with Crippen LogP contribution in [0, 0.1) is 0 Å². The minimum absolute atomic E-state index is 0.0178. The Morgan fingerprint density at radius 3 is 2.68 bits per heavy atom. The van der Waals surface area contributed by atoms with Crippen molar-refractivity contribution in [1.29, 1.82) is 0 Å². The molecule has 0 spiro atoms. The summed E-state index contributed by atoms with van der Waals surface area (Å²) in [5.41, 5.74) is 0.958. The summed E-state index contributed by atoms with van der Waals surface area (Å²) in [6, 6.07) is 7.90. The van der Waals surface area contributed by atoms with Gasteiger partial charge in [-0.3, -0.25) is 4.79 Å². The van der Waals surface area contributed by atoms with Crippen LogP contribution in [-0.2, 0) is 4.79 Å². The van der Waals surface area contributed by atoms with Crippen LogP contribution < -0.4 is 0 Å². The molecule has 1 aliphatic carbocycles. The second-order valence-electron chi connectivity index (χ2n) is 6.94. The van der Waals surface area contributed by atoms with Crippen LogP contribution in [0.5, 0.6) is 0 Å². The van der Waals surface area contributed by atoms with E-state index in [1.165, 1.54) is 0 Å². The highest BCUT2D eigenvalue weighted by Gasteiger charge is 2.62. The van der Waals surface area contributed by atoms with Gasteiger partial charge in [-0.25, -0.2) is 0 Å². The monoisotopic (exact) mass is 346 g/mol. The minimum Gasteiger partial charge on any atom is -0.383 e. The Balaban J connectivity index is 1.53. The van der Waals surface area contributed by atoms with Gasteiger partial charge < -0.3 is 15.0 Å². The SMILES string of the molecule is O=C(N1CC=C(c2c[nH]c3ccccc23)CC1)C(F)(F)C1(O)CCC1. The molecule has 0 bridgehead atoms. The first kappa shape index (κ1) is 16.3.